The van der Waals surface area contributed by atoms with Gasteiger partial charge in [-0.1, -0.05) is 32.6 Å². The third-order valence-electron chi connectivity index (χ3n) is 9.99. The maximum absolute atomic E-state index is 13.9. The zero-order valence-electron chi connectivity index (χ0n) is 24.8. The molecule has 0 unspecified atom stereocenters. The van der Waals surface area contributed by atoms with Crippen molar-refractivity contribution in [3.05, 3.63) is 29.8 Å². The van der Waals surface area contributed by atoms with Gasteiger partial charge in [0.2, 0.25) is 11.8 Å². The molecule has 0 bridgehead atoms. The van der Waals surface area contributed by atoms with Crippen LogP contribution in [-0.2, 0) is 9.59 Å². The predicted molar refractivity (Wildman–Crippen MR) is 157 cm³/mol. The number of unbranched alkanes of at least 4 members (excludes halogenated alkanes) is 1. The molecule has 1 aromatic carbocycles. The Labute approximate surface area is 244 Å². The molecule has 9 nitrogen and oxygen atoms in total. The molecule has 1 spiro atoms. The molecule has 41 heavy (non-hydrogen) atoms. The second-order valence-electron chi connectivity index (χ2n) is 12.6. The summed E-state index contributed by atoms with van der Waals surface area (Å²) in [6.07, 6.45) is 9.63. The van der Waals surface area contributed by atoms with Crippen molar-refractivity contribution < 1.29 is 24.2 Å². The van der Waals surface area contributed by atoms with Crippen molar-refractivity contribution in [2.75, 3.05) is 33.3 Å². The first-order valence-corrected chi connectivity index (χ1v) is 15.9. The number of amides is 3. The second-order valence-corrected chi connectivity index (χ2v) is 12.6. The van der Waals surface area contributed by atoms with Gasteiger partial charge in [-0.3, -0.25) is 19.3 Å². The summed E-state index contributed by atoms with van der Waals surface area (Å²) in [7, 11) is 1.62. The van der Waals surface area contributed by atoms with Gasteiger partial charge in [-0.25, -0.2) is 0 Å². The number of nitrogens with zero attached hydrogens (tertiary/aromatic N) is 2. The number of carbonyl (C=O) groups is 3. The zero-order valence-corrected chi connectivity index (χ0v) is 24.8. The standard InChI is InChI=1S/C32H48N4O5/c1-3-4-18-36-30(39)27(28(37)23-8-6-5-7-9-23)34-31(40)32(36)16-19-35(20-17-32)26(22-10-11-22)21-41-25-14-12-24(13-15-25)29(38)33-2/h12-15,22-23,26-28,37H,3-11,16-21H2,1-2H3,(H,33,38)(H,34,40)/t26-,27+,28+/m0/s1. The monoisotopic (exact) mass is 568 g/mol. The number of rotatable bonds is 11. The van der Waals surface area contributed by atoms with E-state index in [0.717, 1.165) is 57.4 Å². The van der Waals surface area contributed by atoms with E-state index in [-0.39, 0.29) is 29.7 Å². The van der Waals surface area contributed by atoms with Crippen LogP contribution in [-0.4, -0.2) is 89.6 Å². The number of hydrogen-bond acceptors (Lipinski definition) is 6. The van der Waals surface area contributed by atoms with E-state index in [2.05, 4.69) is 22.5 Å². The number of hydrogen-bond donors (Lipinski definition) is 3. The normalized spacial score (nSPS) is 25.0. The van der Waals surface area contributed by atoms with E-state index in [9.17, 15) is 19.5 Å². The lowest BCUT2D eigenvalue weighted by atomic mass is 9.77. The van der Waals surface area contributed by atoms with Crippen molar-refractivity contribution in [2.24, 2.45) is 11.8 Å². The molecule has 9 heteroatoms. The molecule has 4 aliphatic rings. The van der Waals surface area contributed by atoms with E-state index >= 15 is 0 Å². The van der Waals surface area contributed by atoms with E-state index in [1.54, 1.807) is 19.2 Å². The fraction of sp³-hybridized carbons (Fsp3) is 0.719. The summed E-state index contributed by atoms with van der Waals surface area (Å²) >= 11 is 0. The molecule has 226 valence electrons. The van der Waals surface area contributed by atoms with Crippen LogP contribution in [0.4, 0.5) is 0 Å². The number of aliphatic hydroxyl groups excluding tert-OH is 1. The second kappa shape index (κ2) is 13.1. The molecule has 4 fully saturated rings. The first-order chi connectivity index (χ1) is 19.9. The molecule has 3 amide bonds. The number of likely N-dealkylation sites (tertiary alicyclic amines) is 1. The van der Waals surface area contributed by atoms with Gasteiger partial charge in [0.1, 0.15) is 23.9 Å². The largest absolute Gasteiger partial charge is 0.492 e. The maximum Gasteiger partial charge on any atom is 0.251 e. The lowest BCUT2D eigenvalue weighted by molar-refractivity contribution is -0.166. The highest BCUT2D eigenvalue weighted by Crippen LogP contribution is 2.40. The van der Waals surface area contributed by atoms with Gasteiger partial charge in [-0.15, -0.1) is 0 Å². The summed E-state index contributed by atoms with van der Waals surface area (Å²) in [6, 6.07) is 6.62. The molecular weight excluding hydrogens is 520 g/mol. The SMILES string of the molecule is CCCCN1C(=O)[C@@H]([C@H](O)C2CCCCC2)NC(=O)C12CCN([C@@H](COc1ccc(C(=O)NC)cc1)C1CC1)CC2. The summed E-state index contributed by atoms with van der Waals surface area (Å²) < 4.78 is 6.19. The van der Waals surface area contributed by atoms with Crippen molar-refractivity contribution in [1.82, 2.24) is 20.4 Å². The average Bonchev–Trinajstić information content (AvgIpc) is 3.85. The third-order valence-corrected chi connectivity index (χ3v) is 9.99. The van der Waals surface area contributed by atoms with Gasteiger partial charge >= 0.3 is 0 Å². The predicted octanol–water partition coefficient (Wildman–Crippen LogP) is 3.11. The third kappa shape index (κ3) is 6.41. The van der Waals surface area contributed by atoms with E-state index in [0.29, 0.717) is 37.5 Å². The zero-order chi connectivity index (χ0) is 29.0. The number of benzene rings is 1. The first kappa shape index (κ1) is 29.8. The minimum absolute atomic E-state index is 0.0706. The van der Waals surface area contributed by atoms with Crippen LogP contribution in [0.15, 0.2) is 24.3 Å². The molecule has 1 aromatic rings. The Morgan fingerprint density at radius 1 is 1.07 bits per heavy atom. The van der Waals surface area contributed by atoms with Gasteiger partial charge in [0, 0.05) is 38.3 Å². The van der Waals surface area contributed by atoms with Crippen LogP contribution in [0, 0.1) is 11.8 Å². The van der Waals surface area contributed by atoms with Gasteiger partial charge in [0.05, 0.1) is 6.10 Å². The van der Waals surface area contributed by atoms with Crippen molar-refractivity contribution in [3.63, 3.8) is 0 Å². The van der Waals surface area contributed by atoms with Crippen molar-refractivity contribution >= 4 is 17.7 Å². The molecule has 0 aromatic heterocycles. The maximum atomic E-state index is 13.9. The summed E-state index contributed by atoms with van der Waals surface area (Å²) in [6.45, 7) is 4.65. The molecule has 2 saturated heterocycles. The number of ether oxygens (including phenoxy) is 1. The van der Waals surface area contributed by atoms with Crippen molar-refractivity contribution in [3.8, 4) is 5.75 Å². The fourth-order valence-corrected chi connectivity index (χ4v) is 7.23. The molecule has 2 heterocycles. The Kier molecular flexibility index (Phi) is 9.54. The summed E-state index contributed by atoms with van der Waals surface area (Å²) in [4.78, 5) is 43.9. The Balaban J connectivity index is 1.24. The highest BCUT2D eigenvalue weighted by molar-refractivity contribution is 6.00. The number of piperazine rings is 1. The van der Waals surface area contributed by atoms with Gasteiger partial charge < -0.3 is 25.4 Å². The Hall–Kier alpha value is -2.65. The van der Waals surface area contributed by atoms with Gasteiger partial charge in [0.25, 0.3) is 5.91 Å². The van der Waals surface area contributed by atoms with E-state index < -0.39 is 17.7 Å². The molecule has 3 N–H and O–H groups in total. The molecule has 2 aliphatic heterocycles. The van der Waals surface area contributed by atoms with Gasteiger partial charge in [-0.05, 0) is 81.0 Å². The Morgan fingerprint density at radius 2 is 1.76 bits per heavy atom. The van der Waals surface area contributed by atoms with Crippen molar-refractivity contribution in [2.45, 2.75) is 101 Å². The molecule has 2 saturated carbocycles. The van der Waals surface area contributed by atoms with Gasteiger partial charge in [0.15, 0.2) is 0 Å². The molecule has 3 atom stereocenters. The molecule has 2 aliphatic carbocycles. The topological polar surface area (TPSA) is 111 Å². The van der Waals surface area contributed by atoms with Crippen LogP contribution in [0.5, 0.6) is 5.75 Å². The van der Waals surface area contributed by atoms with Crippen LogP contribution < -0.4 is 15.4 Å². The number of aliphatic hydroxyl groups is 1. The van der Waals surface area contributed by atoms with Crippen LogP contribution in [0.25, 0.3) is 0 Å². The molecule has 0 radical (unpaired) electrons. The number of nitrogens with one attached hydrogen (secondary N) is 2. The summed E-state index contributed by atoms with van der Waals surface area (Å²) in [5.41, 5.74) is -0.253. The van der Waals surface area contributed by atoms with Crippen molar-refractivity contribution in [1.29, 1.82) is 0 Å². The molecule has 5 rings (SSSR count). The summed E-state index contributed by atoms with van der Waals surface area (Å²) in [5, 5.41) is 16.9. The highest BCUT2D eigenvalue weighted by Gasteiger charge is 2.56. The number of piperidine rings is 1. The smallest absolute Gasteiger partial charge is 0.251 e. The number of carbonyl (C=O) groups excluding carboxylic acids is 3. The molecular formula is C32H48N4O5. The quantitative estimate of drug-likeness (QED) is 0.378. The average molecular weight is 569 g/mol. The highest BCUT2D eigenvalue weighted by atomic mass is 16.5. The van der Waals surface area contributed by atoms with Crippen LogP contribution in [0.1, 0.15) is 87.9 Å². The Morgan fingerprint density at radius 3 is 2.37 bits per heavy atom. The van der Waals surface area contributed by atoms with E-state index in [4.69, 9.17) is 4.74 Å². The van der Waals surface area contributed by atoms with Gasteiger partial charge in [-0.2, -0.15) is 0 Å². The van der Waals surface area contributed by atoms with E-state index in [1.165, 1.54) is 19.3 Å². The summed E-state index contributed by atoms with van der Waals surface area (Å²) in [5.74, 6) is 1.06. The lowest BCUT2D eigenvalue weighted by Crippen LogP contribution is -2.75. The van der Waals surface area contributed by atoms with Crippen LogP contribution in [0.2, 0.25) is 0 Å². The minimum atomic E-state index is -0.851. The Bertz CT molecular complexity index is 1060. The van der Waals surface area contributed by atoms with Crippen LogP contribution in [0.3, 0.4) is 0 Å². The van der Waals surface area contributed by atoms with E-state index in [1.807, 2.05) is 17.0 Å². The minimum Gasteiger partial charge on any atom is -0.492 e. The first-order valence-electron chi connectivity index (χ1n) is 15.9. The lowest BCUT2D eigenvalue weighted by Gasteiger charge is -2.53. The fourth-order valence-electron chi connectivity index (χ4n) is 7.23. The van der Waals surface area contributed by atoms with Crippen LogP contribution >= 0.6 is 0 Å².